The standard InChI is InChI=1S/C11H13N/c1-2-11-8-6-4-3-5-7-9-12-10-11/h2,4-9H,1,3,10H2. The predicted molar refractivity (Wildman–Crippen MR) is 54.5 cm³/mol. The third-order valence-corrected chi connectivity index (χ3v) is 1.58. The molecule has 0 N–H and O–H groups in total. The Hall–Kier alpha value is -1.37. The molecule has 0 aromatic carbocycles. The zero-order chi connectivity index (χ0) is 8.65. The second-order valence-electron chi connectivity index (χ2n) is 2.53. The molecule has 62 valence electrons. The summed E-state index contributed by atoms with van der Waals surface area (Å²) in [6.07, 6.45) is 14.9. The van der Waals surface area contributed by atoms with Gasteiger partial charge in [0, 0.05) is 6.21 Å². The van der Waals surface area contributed by atoms with Crippen LogP contribution in [0.4, 0.5) is 0 Å². The van der Waals surface area contributed by atoms with Gasteiger partial charge in [0.15, 0.2) is 0 Å². The van der Waals surface area contributed by atoms with Crippen molar-refractivity contribution in [3.63, 3.8) is 0 Å². The summed E-state index contributed by atoms with van der Waals surface area (Å²) in [7, 11) is 0. The van der Waals surface area contributed by atoms with Crippen LogP contribution in [0.1, 0.15) is 6.42 Å². The predicted octanol–water partition coefficient (Wildman–Crippen LogP) is 2.69. The van der Waals surface area contributed by atoms with Gasteiger partial charge in [-0.3, -0.25) is 4.99 Å². The average molecular weight is 159 g/mol. The first-order valence-corrected chi connectivity index (χ1v) is 4.06. The molecule has 1 aliphatic heterocycles. The van der Waals surface area contributed by atoms with Crippen LogP contribution in [-0.4, -0.2) is 12.8 Å². The van der Waals surface area contributed by atoms with Crippen LogP contribution in [0.15, 0.2) is 53.6 Å². The Morgan fingerprint density at radius 2 is 2.17 bits per heavy atom. The fourth-order valence-corrected chi connectivity index (χ4v) is 0.892. The molecular formula is C11H13N. The average Bonchev–Trinajstić information content (AvgIpc) is 2.14. The Morgan fingerprint density at radius 3 is 3.00 bits per heavy atom. The van der Waals surface area contributed by atoms with Crippen molar-refractivity contribution in [1.29, 1.82) is 0 Å². The van der Waals surface area contributed by atoms with Gasteiger partial charge in [-0.1, -0.05) is 37.0 Å². The van der Waals surface area contributed by atoms with Crippen molar-refractivity contribution < 1.29 is 0 Å². The summed E-state index contributed by atoms with van der Waals surface area (Å²) < 4.78 is 0. The normalized spacial score (nSPS) is 17.2. The molecule has 0 spiro atoms. The van der Waals surface area contributed by atoms with Crippen LogP contribution in [0, 0.1) is 0 Å². The molecule has 0 atom stereocenters. The molecule has 0 bridgehead atoms. The quantitative estimate of drug-likeness (QED) is 0.557. The second-order valence-corrected chi connectivity index (χ2v) is 2.53. The topological polar surface area (TPSA) is 12.4 Å². The van der Waals surface area contributed by atoms with Gasteiger partial charge in [-0.15, -0.1) is 0 Å². The monoisotopic (exact) mass is 159 g/mol. The van der Waals surface area contributed by atoms with Crippen LogP contribution in [0.5, 0.6) is 0 Å². The molecule has 1 nitrogen and oxygen atoms in total. The molecule has 0 aromatic heterocycles. The highest BCUT2D eigenvalue weighted by molar-refractivity contribution is 5.71. The molecule has 0 aliphatic carbocycles. The van der Waals surface area contributed by atoms with Gasteiger partial charge < -0.3 is 0 Å². The van der Waals surface area contributed by atoms with E-state index in [1.54, 1.807) is 0 Å². The van der Waals surface area contributed by atoms with Crippen molar-refractivity contribution in [3.05, 3.63) is 48.6 Å². The van der Waals surface area contributed by atoms with Crippen LogP contribution in [0.25, 0.3) is 0 Å². The first kappa shape index (κ1) is 8.72. The maximum absolute atomic E-state index is 4.20. The van der Waals surface area contributed by atoms with Crippen molar-refractivity contribution in [2.45, 2.75) is 6.42 Å². The Bertz CT molecular complexity index is 254. The molecule has 0 saturated carbocycles. The van der Waals surface area contributed by atoms with Gasteiger partial charge in [0.25, 0.3) is 0 Å². The summed E-state index contributed by atoms with van der Waals surface area (Å²) in [4.78, 5) is 4.20. The van der Waals surface area contributed by atoms with Crippen LogP contribution < -0.4 is 0 Å². The van der Waals surface area contributed by atoms with Gasteiger partial charge >= 0.3 is 0 Å². The Kier molecular flexibility index (Phi) is 3.86. The highest BCUT2D eigenvalue weighted by Crippen LogP contribution is 1.99. The fraction of sp³-hybridized carbons (Fsp3) is 0.182. The van der Waals surface area contributed by atoms with E-state index in [-0.39, 0.29) is 0 Å². The maximum atomic E-state index is 4.20. The third-order valence-electron chi connectivity index (χ3n) is 1.58. The lowest BCUT2D eigenvalue weighted by atomic mass is 10.2. The van der Waals surface area contributed by atoms with E-state index < -0.39 is 0 Å². The van der Waals surface area contributed by atoms with E-state index in [1.807, 2.05) is 30.5 Å². The number of hydrogen-bond acceptors (Lipinski definition) is 1. The summed E-state index contributed by atoms with van der Waals surface area (Å²) in [6, 6.07) is 0. The van der Waals surface area contributed by atoms with E-state index in [2.05, 4.69) is 23.7 Å². The van der Waals surface area contributed by atoms with Crippen LogP contribution >= 0.6 is 0 Å². The van der Waals surface area contributed by atoms with Gasteiger partial charge in [-0.25, -0.2) is 0 Å². The molecule has 1 aliphatic rings. The molecule has 0 fully saturated rings. The molecular weight excluding hydrogens is 146 g/mol. The molecule has 1 heteroatoms. The highest BCUT2D eigenvalue weighted by atomic mass is 14.7. The zero-order valence-electron chi connectivity index (χ0n) is 7.11. The van der Waals surface area contributed by atoms with Gasteiger partial charge in [0.1, 0.15) is 0 Å². The van der Waals surface area contributed by atoms with Gasteiger partial charge in [-0.05, 0) is 18.1 Å². The van der Waals surface area contributed by atoms with Crippen molar-refractivity contribution in [2.75, 3.05) is 6.54 Å². The molecule has 1 heterocycles. The van der Waals surface area contributed by atoms with Crippen molar-refractivity contribution in [3.8, 4) is 0 Å². The smallest absolute Gasteiger partial charge is 0.0639 e. The molecule has 12 heavy (non-hydrogen) atoms. The molecule has 0 amide bonds. The Labute approximate surface area is 73.5 Å². The molecule has 0 aromatic rings. The molecule has 1 rings (SSSR count). The van der Waals surface area contributed by atoms with E-state index in [9.17, 15) is 0 Å². The lowest BCUT2D eigenvalue weighted by Crippen LogP contribution is -1.84. The first-order valence-electron chi connectivity index (χ1n) is 4.06. The number of allylic oxidation sites excluding steroid dienone is 5. The third kappa shape index (κ3) is 3.15. The van der Waals surface area contributed by atoms with E-state index in [4.69, 9.17) is 0 Å². The number of nitrogens with zero attached hydrogens (tertiary/aromatic N) is 1. The fourth-order valence-electron chi connectivity index (χ4n) is 0.892. The lowest BCUT2D eigenvalue weighted by Gasteiger charge is -1.94. The second kappa shape index (κ2) is 5.30. The summed E-state index contributed by atoms with van der Waals surface area (Å²) >= 11 is 0. The van der Waals surface area contributed by atoms with Gasteiger partial charge in [0.05, 0.1) is 6.54 Å². The summed E-state index contributed by atoms with van der Waals surface area (Å²) in [6.45, 7) is 4.44. The van der Waals surface area contributed by atoms with Crippen molar-refractivity contribution in [1.82, 2.24) is 0 Å². The minimum atomic E-state index is 0.720. The zero-order valence-corrected chi connectivity index (χ0v) is 7.11. The van der Waals surface area contributed by atoms with Gasteiger partial charge in [-0.2, -0.15) is 0 Å². The van der Waals surface area contributed by atoms with Crippen molar-refractivity contribution >= 4 is 6.21 Å². The summed E-state index contributed by atoms with van der Waals surface area (Å²) in [5.41, 5.74) is 1.15. The largest absolute Gasteiger partial charge is 0.288 e. The Balaban J connectivity index is 2.69. The van der Waals surface area contributed by atoms with Crippen LogP contribution in [0.3, 0.4) is 0 Å². The number of hydrogen-bond donors (Lipinski definition) is 0. The van der Waals surface area contributed by atoms with E-state index >= 15 is 0 Å². The molecule has 0 radical (unpaired) electrons. The Morgan fingerprint density at radius 1 is 1.33 bits per heavy atom. The summed E-state index contributed by atoms with van der Waals surface area (Å²) in [5.74, 6) is 0. The number of rotatable bonds is 1. The van der Waals surface area contributed by atoms with Crippen molar-refractivity contribution in [2.24, 2.45) is 4.99 Å². The molecule has 0 unspecified atom stereocenters. The minimum Gasteiger partial charge on any atom is -0.288 e. The van der Waals surface area contributed by atoms with Gasteiger partial charge in [0.2, 0.25) is 0 Å². The van der Waals surface area contributed by atoms with E-state index in [0.29, 0.717) is 0 Å². The van der Waals surface area contributed by atoms with E-state index in [1.165, 1.54) is 0 Å². The SMILES string of the molecule is C=CC1=CC=CCC=CC=NC1. The number of aliphatic imine (C=N–C) groups is 1. The first-order chi connectivity index (χ1) is 5.93. The lowest BCUT2D eigenvalue weighted by molar-refractivity contribution is 1.19. The molecule has 0 saturated heterocycles. The maximum Gasteiger partial charge on any atom is 0.0639 e. The summed E-state index contributed by atoms with van der Waals surface area (Å²) in [5, 5.41) is 0. The van der Waals surface area contributed by atoms with E-state index in [0.717, 1.165) is 18.5 Å². The minimum absolute atomic E-state index is 0.720. The highest BCUT2D eigenvalue weighted by Gasteiger charge is 1.86. The van der Waals surface area contributed by atoms with Crippen LogP contribution in [-0.2, 0) is 0 Å². The van der Waals surface area contributed by atoms with Crippen LogP contribution in [0.2, 0.25) is 0 Å².